The van der Waals surface area contributed by atoms with Crippen LogP contribution in [0.15, 0.2) is 47.4 Å². The minimum Gasteiger partial charge on any atom is -0.326 e. The monoisotopic (exact) mass is 388 g/mol. The van der Waals surface area contributed by atoms with E-state index in [1.165, 1.54) is 11.8 Å². The van der Waals surface area contributed by atoms with Crippen molar-refractivity contribution in [1.82, 2.24) is 0 Å². The van der Waals surface area contributed by atoms with E-state index in [9.17, 15) is 9.59 Å². The van der Waals surface area contributed by atoms with Gasteiger partial charge in [0.05, 0.1) is 5.25 Å². The van der Waals surface area contributed by atoms with Crippen LogP contribution < -0.4 is 10.6 Å². The summed E-state index contributed by atoms with van der Waals surface area (Å²) in [4.78, 5) is 25.3. The van der Waals surface area contributed by atoms with E-state index < -0.39 is 0 Å². The summed E-state index contributed by atoms with van der Waals surface area (Å²) in [5.41, 5.74) is 2.34. The molecule has 1 aliphatic rings. The molecule has 26 heavy (non-hydrogen) atoms. The van der Waals surface area contributed by atoms with Crippen molar-refractivity contribution in [3.05, 3.63) is 53.1 Å². The third-order valence-corrected chi connectivity index (χ3v) is 5.76. The van der Waals surface area contributed by atoms with Crippen LogP contribution >= 0.6 is 23.4 Å². The molecule has 3 rings (SSSR count). The second-order valence-electron chi connectivity index (χ2n) is 6.45. The molecule has 2 aromatic carbocycles. The van der Waals surface area contributed by atoms with Crippen molar-refractivity contribution in [2.75, 3.05) is 10.6 Å². The minimum atomic E-state index is -0.289. The molecule has 2 aromatic rings. The average molecular weight is 389 g/mol. The number of rotatable bonds is 6. The highest BCUT2D eigenvalue weighted by atomic mass is 35.5. The van der Waals surface area contributed by atoms with Gasteiger partial charge in [-0.2, -0.15) is 0 Å². The molecule has 0 aliphatic heterocycles. The third-order valence-electron chi connectivity index (χ3n) is 4.26. The maximum absolute atomic E-state index is 12.5. The number of carbonyl (C=O) groups excluding carboxylic acids is 2. The highest BCUT2D eigenvalue weighted by Gasteiger charge is 2.29. The van der Waals surface area contributed by atoms with E-state index in [-0.39, 0.29) is 23.0 Å². The molecule has 0 heterocycles. The Morgan fingerprint density at radius 1 is 1.15 bits per heavy atom. The molecule has 4 nitrogen and oxygen atoms in total. The molecular formula is C20H21ClN2O2S. The number of amides is 2. The van der Waals surface area contributed by atoms with Gasteiger partial charge in [-0.3, -0.25) is 9.59 Å². The van der Waals surface area contributed by atoms with Gasteiger partial charge in [0.2, 0.25) is 11.8 Å². The zero-order valence-electron chi connectivity index (χ0n) is 14.7. The van der Waals surface area contributed by atoms with Gasteiger partial charge in [-0.1, -0.05) is 23.7 Å². The molecule has 1 fully saturated rings. The molecule has 0 bridgehead atoms. The van der Waals surface area contributed by atoms with Crippen molar-refractivity contribution in [2.24, 2.45) is 5.92 Å². The van der Waals surface area contributed by atoms with Crippen LogP contribution in [0.25, 0.3) is 0 Å². The predicted molar refractivity (Wildman–Crippen MR) is 108 cm³/mol. The largest absolute Gasteiger partial charge is 0.326 e. The Bertz CT molecular complexity index is 836. The van der Waals surface area contributed by atoms with Crippen LogP contribution in [0.1, 0.15) is 25.3 Å². The quantitative estimate of drug-likeness (QED) is 0.675. The summed E-state index contributed by atoms with van der Waals surface area (Å²) in [5.74, 6) is 0.152. The average Bonchev–Trinajstić information content (AvgIpc) is 3.44. The molecule has 0 aromatic heterocycles. The number of thioether (sulfide) groups is 1. The molecule has 0 saturated heterocycles. The molecule has 2 N–H and O–H groups in total. The Hall–Kier alpha value is -1.98. The lowest BCUT2D eigenvalue weighted by atomic mass is 10.2. The highest BCUT2D eigenvalue weighted by molar-refractivity contribution is 8.00. The fourth-order valence-electron chi connectivity index (χ4n) is 2.47. The number of halogens is 1. The van der Waals surface area contributed by atoms with Crippen molar-refractivity contribution in [3.8, 4) is 0 Å². The van der Waals surface area contributed by atoms with E-state index in [4.69, 9.17) is 11.6 Å². The molecule has 1 saturated carbocycles. The molecule has 1 unspecified atom stereocenters. The van der Waals surface area contributed by atoms with Crippen molar-refractivity contribution in [1.29, 1.82) is 0 Å². The molecule has 0 spiro atoms. The first-order chi connectivity index (χ1) is 12.4. The van der Waals surface area contributed by atoms with Crippen molar-refractivity contribution >= 4 is 46.6 Å². The van der Waals surface area contributed by atoms with Crippen LogP contribution in [0, 0.1) is 12.8 Å². The Kier molecular flexibility index (Phi) is 5.89. The maximum atomic E-state index is 12.5. The molecule has 2 amide bonds. The second-order valence-corrected chi connectivity index (χ2v) is 8.27. The summed E-state index contributed by atoms with van der Waals surface area (Å²) in [7, 11) is 0. The number of carbonyl (C=O) groups is 2. The van der Waals surface area contributed by atoms with E-state index >= 15 is 0 Å². The van der Waals surface area contributed by atoms with Crippen LogP contribution in [0.4, 0.5) is 11.4 Å². The summed E-state index contributed by atoms with van der Waals surface area (Å²) in [6.45, 7) is 3.73. The normalized spacial score (nSPS) is 14.6. The Morgan fingerprint density at radius 3 is 2.62 bits per heavy atom. The first kappa shape index (κ1) is 18.8. The van der Waals surface area contributed by atoms with E-state index in [0.29, 0.717) is 5.02 Å². The Balaban J connectivity index is 1.61. The van der Waals surface area contributed by atoms with Crippen LogP contribution in [-0.2, 0) is 9.59 Å². The van der Waals surface area contributed by atoms with Gasteiger partial charge < -0.3 is 10.6 Å². The summed E-state index contributed by atoms with van der Waals surface area (Å²) < 4.78 is 0. The zero-order chi connectivity index (χ0) is 18.7. The molecule has 6 heteroatoms. The van der Waals surface area contributed by atoms with Gasteiger partial charge in [-0.25, -0.2) is 0 Å². The lowest BCUT2D eigenvalue weighted by Crippen LogP contribution is -2.22. The smallest absolute Gasteiger partial charge is 0.237 e. The second kappa shape index (κ2) is 8.14. The van der Waals surface area contributed by atoms with Crippen LogP contribution in [0.5, 0.6) is 0 Å². The summed E-state index contributed by atoms with van der Waals surface area (Å²) in [6.07, 6.45) is 1.95. The van der Waals surface area contributed by atoms with E-state index in [2.05, 4.69) is 10.6 Å². The molecular weight excluding hydrogens is 368 g/mol. The van der Waals surface area contributed by atoms with Crippen LogP contribution in [-0.4, -0.2) is 17.1 Å². The van der Waals surface area contributed by atoms with Gasteiger partial charge in [0.25, 0.3) is 0 Å². The summed E-state index contributed by atoms with van der Waals surface area (Å²) in [5, 5.41) is 6.20. The number of hydrogen-bond acceptors (Lipinski definition) is 3. The predicted octanol–water partition coefficient (Wildman–Crippen LogP) is 5.12. The number of anilines is 2. The zero-order valence-corrected chi connectivity index (χ0v) is 16.3. The topological polar surface area (TPSA) is 58.2 Å². The first-order valence-corrected chi connectivity index (χ1v) is 9.83. The molecule has 0 radical (unpaired) electrons. The van der Waals surface area contributed by atoms with Gasteiger partial charge in [0.1, 0.15) is 0 Å². The van der Waals surface area contributed by atoms with E-state index in [1.807, 2.05) is 50.2 Å². The first-order valence-electron chi connectivity index (χ1n) is 8.57. The fourth-order valence-corrected chi connectivity index (χ4v) is 3.57. The van der Waals surface area contributed by atoms with E-state index in [0.717, 1.165) is 34.7 Å². The lowest BCUT2D eigenvalue weighted by Gasteiger charge is -2.14. The molecule has 136 valence electrons. The molecule has 1 atom stereocenters. The van der Waals surface area contributed by atoms with Crippen molar-refractivity contribution in [3.63, 3.8) is 0 Å². The van der Waals surface area contributed by atoms with Crippen LogP contribution in [0.2, 0.25) is 5.02 Å². The standard InChI is InChI=1S/C20H21ClN2O2S/c1-12-17(21)7-4-8-18(12)23-19(24)13(2)26-16-6-3-5-15(11-16)22-20(25)14-9-10-14/h3-8,11,13-14H,9-10H2,1-2H3,(H,22,25)(H,23,24). The van der Waals surface area contributed by atoms with Crippen LogP contribution in [0.3, 0.4) is 0 Å². The maximum Gasteiger partial charge on any atom is 0.237 e. The van der Waals surface area contributed by atoms with Gasteiger partial charge >= 0.3 is 0 Å². The van der Waals surface area contributed by atoms with Crippen molar-refractivity contribution < 1.29 is 9.59 Å². The third kappa shape index (κ3) is 4.80. The Morgan fingerprint density at radius 2 is 1.88 bits per heavy atom. The SMILES string of the molecule is Cc1c(Cl)cccc1NC(=O)C(C)Sc1cccc(NC(=O)C2CC2)c1. The highest BCUT2D eigenvalue weighted by Crippen LogP contribution is 2.31. The van der Waals surface area contributed by atoms with Gasteiger partial charge in [0.15, 0.2) is 0 Å². The summed E-state index contributed by atoms with van der Waals surface area (Å²) in [6, 6.07) is 13.0. The van der Waals surface area contributed by atoms with Gasteiger partial charge in [-0.05, 0) is 62.6 Å². The fraction of sp³-hybridized carbons (Fsp3) is 0.300. The minimum absolute atomic E-state index is 0.0781. The number of benzene rings is 2. The lowest BCUT2D eigenvalue weighted by molar-refractivity contribution is -0.117. The molecule has 1 aliphatic carbocycles. The van der Waals surface area contributed by atoms with Gasteiger partial charge in [0, 0.05) is 27.2 Å². The number of hydrogen-bond donors (Lipinski definition) is 2. The Labute approximate surface area is 162 Å². The van der Waals surface area contributed by atoms with Crippen molar-refractivity contribution in [2.45, 2.75) is 36.8 Å². The summed E-state index contributed by atoms with van der Waals surface area (Å²) >= 11 is 7.55. The van der Waals surface area contributed by atoms with Gasteiger partial charge in [-0.15, -0.1) is 11.8 Å². The number of nitrogens with one attached hydrogen (secondary N) is 2. The van der Waals surface area contributed by atoms with E-state index in [1.54, 1.807) is 6.07 Å².